The zero-order valence-corrected chi connectivity index (χ0v) is 37.2. The first-order valence-corrected chi connectivity index (χ1v) is 22.5. The van der Waals surface area contributed by atoms with Crippen molar-refractivity contribution in [2.24, 2.45) is 11.3 Å². The molecule has 0 saturated heterocycles. The van der Waals surface area contributed by atoms with Gasteiger partial charge in [0.15, 0.2) is 0 Å². The number of rotatable bonds is 10. The van der Waals surface area contributed by atoms with E-state index >= 15 is 0 Å². The SMILES string of the molecule is CC.CC.CC.CC(C)(C)C1CC=C(c2ccccc2)CC1.Cc1cc(Cl)ccc1C1=CCC(NC(=O)CCc2ccc(C(=O)NCCS(=O)(=O)O)cc2)CC1. The number of carbonyl (C=O) groups excluding carboxylic acids is 2. The molecule has 9 heteroatoms. The van der Waals surface area contributed by atoms with E-state index in [4.69, 9.17) is 16.2 Å². The van der Waals surface area contributed by atoms with Crippen molar-refractivity contribution in [2.75, 3.05) is 12.3 Å². The number of benzene rings is 3. The molecule has 5 rings (SSSR count). The number of halogens is 1. The Morgan fingerprint density at radius 3 is 1.95 bits per heavy atom. The maximum Gasteiger partial charge on any atom is 0.266 e. The largest absolute Gasteiger partial charge is 0.353 e. The molecule has 0 radical (unpaired) electrons. The summed E-state index contributed by atoms with van der Waals surface area (Å²) in [6.45, 7) is 21.0. The fourth-order valence-electron chi connectivity index (χ4n) is 6.51. The zero-order chi connectivity index (χ0) is 42.3. The van der Waals surface area contributed by atoms with Crippen molar-refractivity contribution in [2.45, 2.75) is 127 Å². The van der Waals surface area contributed by atoms with E-state index in [-0.39, 0.29) is 18.5 Å². The Balaban J connectivity index is 0.000000593. The lowest BCUT2D eigenvalue weighted by atomic mass is 9.72. The van der Waals surface area contributed by atoms with Crippen LogP contribution in [0.1, 0.15) is 140 Å². The lowest BCUT2D eigenvalue weighted by molar-refractivity contribution is -0.121. The van der Waals surface area contributed by atoms with Gasteiger partial charge in [0.05, 0.1) is 5.75 Å². The molecule has 0 heterocycles. The monoisotopic (exact) mass is 808 g/mol. The number of aryl methyl sites for hydroxylation is 2. The molecule has 0 bridgehead atoms. The maximum atomic E-state index is 12.4. The van der Waals surface area contributed by atoms with Gasteiger partial charge in [0.2, 0.25) is 5.91 Å². The summed E-state index contributed by atoms with van der Waals surface area (Å²) in [7, 11) is -4.11. The standard InChI is InChI=1S/C25H29ClN2O5S.C16H22.3C2H6/c1-17-16-21(26)9-12-23(17)19-7-10-22(11-8-19)28-24(29)13-4-18-2-5-20(6-3-18)25(30)27-14-15-34(31,32)33;1-16(2,3)15-11-9-14(10-12-15)13-7-5-4-6-8-13;3*1-2/h2-3,5-7,9,12,16,22H,4,8,10-11,13-15H2,1H3,(H,27,30)(H,28,29)(H,31,32,33);4-9,15H,10-12H2,1-3H3;3*1-2H3. The molecular weight excluding hydrogens is 740 g/mol. The molecule has 56 heavy (non-hydrogen) atoms. The van der Waals surface area contributed by atoms with Crippen LogP contribution in [-0.2, 0) is 21.3 Å². The van der Waals surface area contributed by atoms with Crippen LogP contribution in [-0.4, -0.2) is 43.1 Å². The van der Waals surface area contributed by atoms with Crippen molar-refractivity contribution in [1.29, 1.82) is 0 Å². The lowest BCUT2D eigenvalue weighted by Crippen LogP contribution is -2.35. The summed E-state index contributed by atoms with van der Waals surface area (Å²) in [6, 6.07) is 23.6. The molecule has 310 valence electrons. The third-order valence-electron chi connectivity index (χ3n) is 9.59. The van der Waals surface area contributed by atoms with E-state index in [0.717, 1.165) is 41.3 Å². The maximum absolute atomic E-state index is 12.4. The molecular formula is C47H69ClN2O5S. The summed E-state index contributed by atoms with van der Waals surface area (Å²) in [4.78, 5) is 24.4. The van der Waals surface area contributed by atoms with Crippen molar-refractivity contribution in [1.82, 2.24) is 10.6 Å². The number of nitrogens with one attached hydrogen (secondary N) is 2. The van der Waals surface area contributed by atoms with E-state index in [2.05, 4.69) is 86.9 Å². The molecule has 2 aliphatic rings. The fraction of sp³-hybridized carbons (Fsp3) is 0.489. The molecule has 2 unspecified atom stereocenters. The summed E-state index contributed by atoms with van der Waals surface area (Å²) >= 11 is 6.05. The van der Waals surface area contributed by atoms with E-state index in [1.807, 2.05) is 53.7 Å². The van der Waals surface area contributed by atoms with Crippen LogP contribution in [0.2, 0.25) is 5.02 Å². The lowest BCUT2D eigenvalue weighted by Gasteiger charge is -2.33. The summed E-state index contributed by atoms with van der Waals surface area (Å²) in [5.41, 5.74) is 8.38. The normalized spacial score (nSPS) is 16.2. The first-order valence-electron chi connectivity index (χ1n) is 20.5. The van der Waals surface area contributed by atoms with Crippen LogP contribution < -0.4 is 10.6 Å². The van der Waals surface area contributed by atoms with Gasteiger partial charge >= 0.3 is 0 Å². The molecule has 0 fully saturated rings. The summed E-state index contributed by atoms with van der Waals surface area (Å²) < 4.78 is 30.1. The van der Waals surface area contributed by atoms with E-state index < -0.39 is 21.8 Å². The van der Waals surface area contributed by atoms with Gasteiger partial charge in [-0.1, -0.05) is 135 Å². The van der Waals surface area contributed by atoms with Gasteiger partial charge < -0.3 is 10.6 Å². The quantitative estimate of drug-likeness (QED) is 0.177. The van der Waals surface area contributed by atoms with Gasteiger partial charge in [-0.05, 0) is 121 Å². The van der Waals surface area contributed by atoms with Gasteiger partial charge in [0.25, 0.3) is 16.0 Å². The van der Waals surface area contributed by atoms with E-state index in [1.54, 1.807) is 29.8 Å². The summed E-state index contributed by atoms with van der Waals surface area (Å²) in [5, 5.41) is 6.28. The number of hydrogen-bond acceptors (Lipinski definition) is 4. The first-order chi connectivity index (χ1) is 26.7. The van der Waals surface area contributed by atoms with Crippen molar-refractivity contribution in [3.8, 4) is 0 Å². The van der Waals surface area contributed by atoms with Gasteiger partial charge in [0, 0.05) is 29.6 Å². The van der Waals surface area contributed by atoms with Gasteiger partial charge in [0.1, 0.15) is 0 Å². The number of allylic oxidation sites excluding steroid dienone is 3. The second-order valence-electron chi connectivity index (χ2n) is 14.4. The van der Waals surface area contributed by atoms with Crippen molar-refractivity contribution in [3.63, 3.8) is 0 Å². The summed E-state index contributed by atoms with van der Waals surface area (Å²) in [6.07, 6.45) is 12.0. The van der Waals surface area contributed by atoms with Crippen LogP contribution in [0.4, 0.5) is 0 Å². The minimum Gasteiger partial charge on any atom is -0.353 e. The number of amides is 2. The van der Waals surface area contributed by atoms with Crippen molar-refractivity contribution >= 4 is 44.7 Å². The Bertz CT molecular complexity index is 1780. The predicted octanol–water partition coefficient (Wildman–Crippen LogP) is 11.9. The molecule has 3 aromatic rings. The number of hydrogen-bond donors (Lipinski definition) is 3. The smallest absolute Gasteiger partial charge is 0.266 e. The molecule has 0 aromatic heterocycles. The van der Waals surface area contributed by atoms with Gasteiger partial charge in [-0.25, -0.2) is 0 Å². The highest BCUT2D eigenvalue weighted by Gasteiger charge is 2.26. The van der Waals surface area contributed by atoms with Crippen LogP contribution in [0.25, 0.3) is 11.1 Å². The van der Waals surface area contributed by atoms with Crippen LogP contribution in [0.5, 0.6) is 0 Å². The van der Waals surface area contributed by atoms with Crippen LogP contribution in [0, 0.1) is 18.3 Å². The Labute approximate surface area is 344 Å². The highest BCUT2D eigenvalue weighted by atomic mass is 35.5. The molecule has 2 aliphatic carbocycles. The minimum atomic E-state index is -4.11. The van der Waals surface area contributed by atoms with Crippen LogP contribution >= 0.6 is 11.6 Å². The molecule has 3 N–H and O–H groups in total. The molecule has 2 amide bonds. The number of carbonyl (C=O) groups is 2. The van der Waals surface area contributed by atoms with Crippen LogP contribution in [0.15, 0.2) is 84.9 Å². The predicted molar refractivity (Wildman–Crippen MR) is 239 cm³/mol. The third kappa shape index (κ3) is 18.5. The van der Waals surface area contributed by atoms with Gasteiger partial charge in [-0.2, -0.15) is 8.42 Å². The van der Waals surface area contributed by atoms with Crippen LogP contribution in [0.3, 0.4) is 0 Å². The van der Waals surface area contributed by atoms with E-state index in [0.29, 0.717) is 23.8 Å². The first kappa shape index (κ1) is 50.3. The van der Waals surface area contributed by atoms with E-state index in [9.17, 15) is 18.0 Å². The molecule has 3 aromatic carbocycles. The van der Waals surface area contributed by atoms with Crippen molar-refractivity contribution in [3.05, 3.63) is 118 Å². The summed E-state index contributed by atoms with van der Waals surface area (Å²) in [5.74, 6) is -0.117. The topological polar surface area (TPSA) is 113 Å². The Hall–Kier alpha value is -3.72. The fourth-order valence-corrected chi connectivity index (χ4v) is 7.10. The minimum absolute atomic E-state index is 0.00319. The molecule has 2 atom stereocenters. The highest BCUT2D eigenvalue weighted by molar-refractivity contribution is 7.85. The Morgan fingerprint density at radius 1 is 0.821 bits per heavy atom. The zero-order valence-electron chi connectivity index (χ0n) is 35.7. The average molecular weight is 810 g/mol. The average Bonchev–Trinajstić information content (AvgIpc) is 3.20. The Kier molecular flexibility index (Phi) is 23.6. The third-order valence-corrected chi connectivity index (χ3v) is 10.5. The van der Waals surface area contributed by atoms with Crippen molar-refractivity contribution < 1.29 is 22.6 Å². The molecule has 0 aliphatic heterocycles. The van der Waals surface area contributed by atoms with Gasteiger partial charge in [-0.3, -0.25) is 14.1 Å². The second-order valence-corrected chi connectivity index (χ2v) is 16.4. The Morgan fingerprint density at radius 2 is 1.43 bits per heavy atom. The molecule has 0 spiro atoms. The molecule has 0 saturated carbocycles. The second kappa shape index (κ2) is 26.2. The highest BCUT2D eigenvalue weighted by Crippen LogP contribution is 2.39. The molecule has 7 nitrogen and oxygen atoms in total. The van der Waals surface area contributed by atoms with Gasteiger partial charge in [-0.15, -0.1) is 0 Å². The van der Waals surface area contributed by atoms with E-state index in [1.165, 1.54) is 36.0 Å².